The summed E-state index contributed by atoms with van der Waals surface area (Å²) in [6.45, 7) is 4.60. The summed E-state index contributed by atoms with van der Waals surface area (Å²) in [6.07, 6.45) is 2.03. The van der Waals surface area contributed by atoms with Crippen LogP contribution in [0.15, 0.2) is 0 Å². The van der Waals surface area contributed by atoms with Gasteiger partial charge in [-0.05, 0) is 13.3 Å². The Bertz CT molecular complexity index is 176. The molecule has 1 aliphatic heterocycles. The van der Waals surface area contributed by atoms with Gasteiger partial charge in [0, 0.05) is 5.75 Å². The van der Waals surface area contributed by atoms with Crippen LogP contribution in [0.3, 0.4) is 0 Å². The van der Waals surface area contributed by atoms with Gasteiger partial charge in [-0.2, -0.15) is 0 Å². The van der Waals surface area contributed by atoms with E-state index in [1.54, 1.807) is 23.5 Å². The van der Waals surface area contributed by atoms with E-state index in [0.717, 1.165) is 18.6 Å². The predicted octanol–water partition coefficient (Wildman–Crippen LogP) is 2.69. The zero-order valence-corrected chi connectivity index (χ0v) is 9.67. The van der Waals surface area contributed by atoms with Crippen LogP contribution < -0.4 is 0 Å². The highest BCUT2D eigenvalue weighted by atomic mass is 32.2. The van der Waals surface area contributed by atoms with Crippen molar-refractivity contribution in [2.24, 2.45) is 0 Å². The Morgan fingerprint density at radius 1 is 1.69 bits per heavy atom. The normalized spacial score (nSPS) is 27.5. The molecule has 1 fully saturated rings. The van der Waals surface area contributed by atoms with Gasteiger partial charge in [-0.3, -0.25) is 4.79 Å². The van der Waals surface area contributed by atoms with Crippen molar-refractivity contribution in [3.05, 3.63) is 5.08 Å². The summed E-state index contributed by atoms with van der Waals surface area (Å²) >= 11 is 3.26. The van der Waals surface area contributed by atoms with Gasteiger partial charge in [-0.1, -0.05) is 13.3 Å². The number of unbranched alkanes of at least 4 members (excludes halogenated alkanes) is 1. The maximum Gasteiger partial charge on any atom is 0.322 e. The standard InChI is InChI=1S/C9H15O2S2/c1-3-4-5-11-8(10)9(2)6-12-7-13-9/h7H,3-6H2,1-2H3. The van der Waals surface area contributed by atoms with Crippen LogP contribution in [-0.4, -0.2) is 23.1 Å². The first kappa shape index (κ1) is 11.2. The van der Waals surface area contributed by atoms with E-state index in [2.05, 4.69) is 6.92 Å². The largest absolute Gasteiger partial charge is 0.465 e. The second kappa shape index (κ2) is 5.15. The molecule has 4 heteroatoms. The number of hydrogen-bond acceptors (Lipinski definition) is 4. The SMILES string of the molecule is CCCCOC(=O)C1(C)CS[CH]S1. The van der Waals surface area contributed by atoms with E-state index in [4.69, 9.17) is 4.74 Å². The summed E-state index contributed by atoms with van der Waals surface area (Å²) in [5, 5.41) is 2.01. The fourth-order valence-corrected chi connectivity index (χ4v) is 3.40. The third-order valence-corrected chi connectivity index (χ3v) is 4.59. The molecule has 0 N–H and O–H groups in total. The molecular weight excluding hydrogens is 204 g/mol. The average molecular weight is 219 g/mol. The molecule has 1 aliphatic rings. The van der Waals surface area contributed by atoms with Gasteiger partial charge in [-0.25, -0.2) is 0 Å². The minimum Gasteiger partial charge on any atom is -0.465 e. The number of ether oxygens (including phenoxy) is 1. The quantitative estimate of drug-likeness (QED) is 0.536. The van der Waals surface area contributed by atoms with Gasteiger partial charge in [0.15, 0.2) is 0 Å². The van der Waals surface area contributed by atoms with E-state index in [9.17, 15) is 4.79 Å². The third-order valence-electron chi connectivity index (χ3n) is 1.90. The van der Waals surface area contributed by atoms with Crippen LogP contribution in [-0.2, 0) is 9.53 Å². The summed E-state index contributed by atoms with van der Waals surface area (Å²) in [7, 11) is 0. The zero-order chi connectivity index (χ0) is 9.73. The molecule has 1 radical (unpaired) electrons. The Morgan fingerprint density at radius 2 is 2.46 bits per heavy atom. The maximum absolute atomic E-state index is 11.6. The Labute approximate surface area is 88.2 Å². The monoisotopic (exact) mass is 219 g/mol. The van der Waals surface area contributed by atoms with Gasteiger partial charge < -0.3 is 4.74 Å². The van der Waals surface area contributed by atoms with Crippen LogP contribution in [0.25, 0.3) is 0 Å². The van der Waals surface area contributed by atoms with E-state index >= 15 is 0 Å². The van der Waals surface area contributed by atoms with Gasteiger partial charge in [0.25, 0.3) is 0 Å². The zero-order valence-electron chi connectivity index (χ0n) is 8.04. The van der Waals surface area contributed by atoms with Gasteiger partial charge in [0.05, 0.1) is 11.7 Å². The highest BCUT2D eigenvalue weighted by molar-refractivity contribution is 8.23. The molecule has 1 heterocycles. The van der Waals surface area contributed by atoms with Gasteiger partial charge in [0.1, 0.15) is 4.75 Å². The lowest BCUT2D eigenvalue weighted by atomic mass is 10.2. The van der Waals surface area contributed by atoms with Crippen LogP contribution in [0.5, 0.6) is 0 Å². The lowest BCUT2D eigenvalue weighted by Gasteiger charge is -2.19. The molecule has 0 aliphatic carbocycles. The van der Waals surface area contributed by atoms with Gasteiger partial charge in [0.2, 0.25) is 0 Å². The van der Waals surface area contributed by atoms with E-state index < -0.39 is 0 Å². The lowest BCUT2D eigenvalue weighted by molar-refractivity contribution is -0.145. The minimum atomic E-state index is -0.335. The minimum absolute atomic E-state index is 0.0628. The first-order valence-corrected chi connectivity index (χ1v) is 6.40. The molecule has 0 aromatic carbocycles. The molecule has 1 saturated heterocycles. The van der Waals surface area contributed by atoms with Crippen molar-refractivity contribution in [3.8, 4) is 0 Å². The first-order valence-electron chi connectivity index (χ1n) is 4.47. The Hall–Kier alpha value is 0.170. The number of carbonyl (C=O) groups excluding carboxylic acids is 1. The van der Waals surface area contributed by atoms with Crippen molar-refractivity contribution < 1.29 is 9.53 Å². The highest BCUT2D eigenvalue weighted by Crippen LogP contribution is 2.43. The Balaban J connectivity index is 2.29. The van der Waals surface area contributed by atoms with Crippen molar-refractivity contribution in [1.82, 2.24) is 0 Å². The molecule has 1 unspecified atom stereocenters. The van der Waals surface area contributed by atoms with Crippen LogP contribution in [0.1, 0.15) is 26.7 Å². The summed E-state index contributed by atoms with van der Waals surface area (Å²) in [6, 6.07) is 0. The molecule has 1 atom stereocenters. The van der Waals surface area contributed by atoms with Crippen molar-refractivity contribution in [2.45, 2.75) is 31.4 Å². The summed E-state index contributed by atoms with van der Waals surface area (Å²) in [5.74, 6) is 0.773. The lowest BCUT2D eigenvalue weighted by Crippen LogP contribution is -2.33. The van der Waals surface area contributed by atoms with E-state index in [0.29, 0.717) is 6.61 Å². The molecule has 0 amide bonds. The fraction of sp³-hybridized carbons (Fsp3) is 0.778. The molecule has 0 spiro atoms. The van der Waals surface area contributed by atoms with Crippen LogP contribution in [0.2, 0.25) is 0 Å². The van der Waals surface area contributed by atoms with E-state index in [-0.39, 0.29) is 10.7 Å². The second-order valence-electron chi connectivity index (χ2n) is 3.25. The topological polar surface area (TPSA) is 26.3 Å². The highest BCUT2D eigenvalue weighted by Gasteiger charge is 2.39. The van der Waals surface area contributed by atoms with Gasteiger partial charge >= 0.3 is 5.97 Å². The predicted molar refractivity (Wildman–Crippen MR) is 58.6 cm³/mol. The third kappa shape index (κ3) is 3.09. The molecule has 2 nitrogen and oxygen atoms in total. The summed E-state index contributed by atoms with van der Waals surface area (Å²) in [4.78, 5) is 11.6. The molecule has 0 saturated carbocycles. The van der Waals surface area contributed by atoms with Crippen LogP contribution >= 0.6 is 23.5 Å². The number of rotatable bonds is 4. The summed E-state index contributed by atoms with van der Waals surface area (Å²) in [5.41, 5.74) is 0. The number of hydrogen-bond donors (Lipinski definition) is 0. The smallest absolute Gasteiger partial charge is 0.322 e. The Morgan fingerprint density at radius 3 is 3.00 bits per heavy atom. The van der Waals surface area contributed by atoms with E-state index in [1.165, 1.54) is 0 Å². The van der Waals surface area contributed by atoms with Crippen LogP contribution in [0, 0.1) is 5.08 Å². The molecule has 1 rings (SSSR count). The molecule has 75 valence electrons. The van der Waals surface area contributed by atoms with Crippen molar-refractivity contribution in [2.75, 3.05) is 12.4 Å². The number of thioether (sulfide) groups is 2. The number of esters is 1. The van der Waals surface area contributed by atoms with E-state index in [1.807, 2.05) is 12.0 Å². The second-order valence-corrected chi connectivity index (χ2v) is 5.77. The Kier molecular flexibility index (Phi) is 4.46. The first-order chi connectivity index (χ1) is 6.19. The summed E-state index contributed by atoms with van der Waals surface area (Å²) < 4.78 is 4.84. The molecule has 0 aromatic heterocycles. The van der Waals surface area contributed by atoms with Gasteiger partial charge in [-0.15, -0.1) is 23.5 Å². The maximum atomic E-state index is 11.6. The molecule has 13 heavy (non-hydrogen) atoms. The van der Waals surface area contributed by atoms with Crippen molar-refractivity contribution >= 4 is 29.5 Å². The number of carbonyl (C=O) groups is 1. The molecule has 0 aromatic rings. The average Bonchev–Trinajstić information content (AvgIpc) is 2.54. The van der Waals surface area contributed by atoms with Crippen molar-refractivity contribution in [3.63, 3.8) is 0 Å². The molecular formula is C9H15O2S2. The van der Waals surface area contributed by atoms with Crippen LogP contribution in [0.4, 0.5) is 0 Å². The van der Waals surface area contributed by atoms with Crippen molar-refractivity contribution in [1.29, 1.82) is 0 Å². The fourth-order valence-electron chi connectivity index (χ4n) is 0.936. The molecule has 0 bridgehead atoms.